The highest BCUT2D eigenvalue weighted by atomic mass is 14.6. The Balaban J connectivity index is 3.99. The second-order valence-corrected chi connectivity index (χ2v) is 4.18. The Bertz CT molecular complexity index is 97.6. The summed E-state index contributed by atoms with van der Waals surface area (Å²) in [4.78, 5) is 0. The summed E-state index contributed by atoms with van der Waals surface area (Å²) in [6.07, 6.45) is 2.36. The molecule has 0 aromatic carbocycles. The molecule has 2 unspecified atom stereocenters. The van der Waals surface area contributed by atoms with E-state index in [0.29, 0.717) is 12.0 Å². The molecule has 0 aromatic rings. The van der Waals surface area contributed by atoms with Crippen LogP contribution in [0.25, 0.3) is 0 Å². The van der Waals surface area contributed by atoms with Crippen LogP contribution in [-0.2, 0) is 0 Å². The van der Waals surface area contributed by atoms with Gasteiger partial charge in [-0.3, -0.25) is 0 Å². The van der Waals surface area contributed by atoms with E-state index in [2.05, 4.69) is 34.6 Å². The molecule has 12 heavy (non-hydrogen) atoms. The molecule has 74 valence electrons. The molecule has 4 atom stereocenters. The van der Waals surface area contributed by atoms with Gasteiger partial charge in [0.1, 0.15) is 0 Å². The van der Waals surface area contributed by atoms with E-state index in [4.69, 9.17) is 5.73 Å². The molecule has 0 radical (unpaired) electrons. The molecule has 0 saturated heterocycles. The van der Waals surface area contributed by atoms with Gasteiger partial charge in [0.2, 0.25) is 0 Å². The molecule has 0 bridgehead atoms. The molecule has 0 aromatic heterocycles. The third-order valence-corrected chi connectivity index (χ3v) is 3.52. The number of hydrogen-bond acceptors (Lipinski definition) is 1. The van der Waals surface area contributed by atoms with Crippen LogP contribution >= 0.6 is 0 Å². The molecular formula is C11H25N. The van der Waals surface area contributed by atoms with Crippen molar-refractivity contribution in [2.24, 2.45) is 23.5 Å². The van der Waals surface area contributed by atoms with E-state index in [9.17, 15) is 0 Å². The Morgan fingerprint density at radius 3 is 1.75 bits per heavy atom. The zero-order valence-corrected chi connectivity index (χ0v) is 9.30. The molecule has 1 heteroatoms. The second-order valence-electron chi connectivity index (χ2n) is 4.18. The maximum Gasteiger partial charge on any atom is 0.00645 e. The standard InChI is InChI=1S/C11H25N/c1-6-8(3)9(4)10(5)11(12)7-2/h8-11H,6-7,12H2,1-5H3/t8?,9?,10-,11+/m1/s1. The first kappa shape index (κ1) is 12.0. The van der Waals surface area contributed by atoms with E-state index in [0.717, 1.165) is 18.3 Å². The average molecular weight is 171 g/mol. The minimum atomic E-state index is 0.383. The lowest BCUT2D eigenvalue weighted by Gasteiger charge is -2.29. The molecule has 0 rings (SSSR count). The maximum absolute atomic E-state index is 6.01. The monoisotopic (exact) mass is 171 g/mol. The molecule has 0 aliphatic rings. The number of nitrogens with two attached hydrogens (primary N) is 1. The molecule has 0 spiro atoms. The van der Waals surface area contributed by atoms with Gasteiger partial charge in [-0.15, -0.1) is 0 Å². The van der Waals surface area contributed by atoms with Crippen LogP contribution in [0.5, 0.6) is 0 Å². The lowest BCUT2D eigenvalue weighted by Crippen LogP contribution is -2.33. The summed E-state index contributed by atoms with van der Waals surface area (Å²) in [7, 11) is 0. The minimum Gasteiger partial charge on any atom is -0.327 e. The largest absolute Gasteiger partial charge is 0.327 e. The zero-order chi connectivity index (χ0) is 9.72. The predicted octanol–water partition coefficient (Wildman–Crippen LogP) is 3.04. The molecule has 0 fully saturated rings. The average Bonchev–Trinajstić information content (AvgIpc) is 2.12. The summed E-state index contributed by atoms with van der Waals surface area (Å²) in [5, 5.41) is 0. The maximum atomic E-state index is 6.01. The van der Waals surface area contributed by atoms with Gasteiger partial charge in [-0.2, -0.15) is 0 Å². The van der Waals surface area contributed by atoms with Gasteiger partial charge in [0, 0.05) is 6.04 Å². The van der Waals surface area contributed by atoms with Crippen molar-refractivity contribution >= 4 is 0 Å². The molecule has 0 aliphatic heterocycles. The molecular weight excluding hydrogens is 146 g/mol. The van der Waals surface area contributed by atoms with Crippen LogP contribution in [0.2, 0.25) is 0 Å². The Morgan fingerprint density at radius 1 is 0.917 bits per heavy atom. The van der Waals surface area contributed by atoms with Crippen LogP contribution in [0.3, 0.4) is 0 Å². The van der Waals surface area contributed by atoms with Crippen molar-refractivity contribution in [1.82, 2.24) is 0 Å². The predicted molar refractivity (Wildman–Crippen MR) is 56.0 cm³/mol. The first-order valence-electron chi connectivity index (χ1n) is 5.30. The van der Waals surface area contributed by atoms with Gasteiger partial charge in [0.15, 0.2) is 0 Å². The van der Waals surface area contributed by atoms with Crippen molar-refractivity contribution in [3.63, 3.8) is 0 Å². The Labute approximate surface area is 77.7 Å². The third kappa shape index (κ3) is 3.14. The summed E-state index contributed by atoms with van der Waals surface area (Å²) < 4.78 is 0. The van der Waals surface area contributed by atoms with Crippen molar-refractivity contribution in [3.05, 3.63) is 0 Å². The highest BCUT2D eigenvalue weighted by Gasteiger charge is 2.21. The van der Waals surface area contributed by atoms with Crippen molar-refractivity contribution < 1.29 is 0 Å². The normalized spacial score (nSPS) is 21.5. The highest BCUT2D eigenvalue weighted by molar-refractivity contribution is 4.75. The topological polar surface area (TPSA) is 26.0 Å². The van der Waals surface area contributed by atoms with Gasteiger partial charge in [-0.05, 0) is 24.2 Å². The number of hydrogen-bond donors (Lipinski definition) is 1. The van der Waals surface area contributed by atoms with E-state index in [1.807, 2.05) is 0 Å². The van der Waals surface area contributed by atoms with Crippen LogP contribution in [0.15, 0.2) is 0 Å². The third-order valence-electron chi connectivity index (χ3n) is 3.52. The first-order valence-corrected chi connectivity index (χ1v) is 5.30. The van der Waals surface area contributed by atoms with Crippen LogP contribution in [0.1, 0.15) is 47.5 Å². The van der Waals surface area contributed by atoms with Gasteiger partial charge in [-0.1, -0.05) is 41.0 Å². The Kier molecular flexibility index (Phi) is 5.56. The molecule has 2 N–H and O–H groups in total. The molecule has 0 heterocycles. The molecule has 0 aliphatic carbocycles. The van der Waals surface area contributed by atoms with Crippen LogP contribution in [0, 0.1) is 17.8 Å². The summed E-state index contributed by atoms with van der Waals surface area (Å²) in [5.74, 6) is 2.22. The van der Waals surface area contributed by atoms with E-state index < -0.39 is 0 Å². The van der Waals surface area contributed by atoms with Crippen molar-refractivity contribution in [1.29, 1.82) is 0 Å². The highest BCUT2D eigenvalue weighted by Crippen LogP contribution is 2.25. The fourth-order valence-corrected chi connectivity index (χ4v) is 1.65. The first-order chi connectivity index (χ1) is 5.54. The van der Waals surface area contributed by atoms with Crippen LogP contribution in [-0.4, -0.2) is 6.04 Å². The quantitative estimate of drug-likeness (QED) is 0.676. The van der Waals surface area contributed by atoms with E-state index in [1.165, 1.54) is 6.42 Å². The minimum absolute atomic E-state index is 0.383. The summed E-state index contributed by atoms with van der Waals surface area (Å²) in [5.41, 5.74) is 6.01. The fraction of sp³-hybridized carbons (Fsp3) is 1.00. The van der Waals surface area contributed by atoms with Gasteiger partial charge in [0.25, 0.3) is 0 Å². The Hall–Kier alpha value is -0.0400. The van der Waals surface area contributed by atoms with Gasteiger partial charge < -0.3 is 5.73 Å². The van der Waals surface area contributed by atoms with E-state index in [-0.39, 0.29) is 0 Å². The molecule has 1 nitrogen and oxygen atoms in total. The zero-order valence-electron chi connectivity index (χ0n) is 9.30. The van der Waals surface area contributed by atoms with E-state index >= 15 is 0 Å². The lowest BCUT2D eigenvalue weighted by atomic mass is 9.79. The van der Waals surface area contributed by atoms with Gasteiger partial charge >= 0.3 is 0 Å². The van der Waals surface area contributed by atoms with Crippen LogP contribution < -0.4 is 5.73 Å². The van der Waals surface area contributed by atoms with Crippen LogP contribution in [0.4, 0.5) is 0 Å². The van der Waals surface area contributed by atoms with Crippen molar-refractivity contribution in [3.8, 4) is 0 Å². The van der Waals surface area contributed by atoms with E-state index in [1.54, 1.807) is 0 Å². The molecule has 0 amide bonds. The number of rotatable bonds is 5. The second kappa shape index (κ2) is 5.58. The lowest BCUT2D eigenvalue weighted by molar-refractivity contribution is 0.235. The van der Waals surface area contributed by atoms with Gasteiger partial charge in [-0.25, -0.2) is 0 Å². The smallest absolute Gasteiger partial charge is 0.00645 e. The summed E-state index contributed by atoms with van der Waals surface area (Å²) in [6, 6.07) is 0.383. The van der Waals surface area contributed by atoms with Crippen molar-refractivity contribution in [2.45, 2.75) is 53.5 Å². The summed E-state index contributed by atoms with van der Waals surface area (Å²) in [6.45, 7) is 11.4. The Morgan fingerprint density at radius 2 is 1.42 bits per heavy atom. The van der Waals surface area contributed by atoms with Gasteiger partial charge in [0.05, 0.1) is 0 Å². The van der Waals surface area contributed by atoms with Crippen molar-refractivity contribution in [2.75, 3.05) is 0 Å². The SMILES string of the molecule is CCC(C)C(C)[C@@H](C)[C@@H](N)CC. The fourth-order valence-electron chi connectivity index (χ4n) is 1.65. The summed E-state index contributed by atoms with van der Waals surface area (Å²) >= 11 is 0. The molecule has 0 saturated carbocycles.